The first-order chi connectivity index (χ1) is 14.5. The van der Waals surface area contributed by atoms with Crippen molar-refractivity contribution in [1.29, 1.82) is 0 Å². The zero-order valence-corrected chi connectivity index (χ0v) is 17.8. The highest BCUT2D eigenvalue weighted by Gasteiger charge is 2.38. The van der Waals surface area contributed by atoms with Crippen LogP contribution >= 0.6 is 11.6 Å². The van der Waals surface area contributed by atoms with Gasteiger partial charge in [0, 0.05) is 23.1 Å². The molecule has 1 aliphatic heterocycles. The lowest BCUT2D eigenvalue weighted by molar-refractivity contribution is 0.104. The zero-order valence-electron chi connectivity index (χ0n) is 16.3. The van der Waals surface area contributed by atoms with Gasteiger partial charge in [0.05, 0.1) is 18.3 Å². The van der Waals surface area contributed by atoms with Gasteiger partial charge >= 0.3 is 0 Å². The van der Waals surface area contributed by atoms with E-state index in [1.807, 2.05) is 42.5 Å². The van der Waals surface area contributed by atoms with Gasteiger partial charge in [0.25, 0.3) is 0 Å². The molecule has 1 heterocycles. The van der Waals surface area contributed by atoms with Crippen molar-refractivity contribution in [2.45, 2.75) is 6.42 Å². The molecule has 0 radical (unpaired) electrons. The van der Waals surface area contributed by atoms with Gasteiger partial charge in [-0.1, -0.05) is 65.9 Å². The molecule has 30 heavy (non-hydrogen) atoms. The number of anilines is 1. The van der Waals surface area contributed by atoms with Crippen molar-refractivity contribution in [3.63, 3.8) is 0 Å². The van der Waals surface area contributed by atoms with Crippen LogP contribution in [0.5, 0.6) is 0 Å². The third-order valence-corrected chi connectivity index (χ3v) is 6.36. The number of nitrogens with zero attached hydrogens (tertiary/aromatic N) is 1. The van der Waals surface area contributed by atoms with Crippen molar-refractivity contribution in [2.75, 3.05) is 11.4 Å². The summed E-state index contributed by atoms with van der Waals surface area (Å²) in [4.78, 5) is 13.4. The quantitative estimate of drug-likeness (QED) is 0.315. The van der Waals surface area contributed by atoms with E-state index >= 15 is 0 Å². The fraction of sp³-hybridized carbons (Fsp3) is 0.0800. The molecule has 5 heteroatoms. The molecule has 0 saturated heterocycles. The minimum atomic E-state index is -1.59. The summed E-state index contributed by atoms with van der Waals surface area (Å²) >= 11 is 4.45. The van der Waals surface area contributed by atoms with E-state index in [-0.39, 0.29) is 10.7 Å². The summed E-state index contributed by atoms with van der Waals surface area (Å²) in [6.45, 7) is 0. The van der Waals surface area contributed by atoms with Crippen LogP contribution in [0.4, 0.5) is 5.69 Å². The van der Waals surface area contributed by atoms with Crippen LogP contribution < -0.4 is 4.31 Å². The molecular formula is C25H18ClNO2S. The van der Waals surface area contributed by atoms with Gasteiger partial charge in [0.2, 0.25) is 10.7 Å². The average molecular weight is 432 g/mol. The molecule has 0 fully saturated rings. The topological polar surface area (TPSA) is 43.4 Å². The summed E-state index contributed by atoms with van der Waals surface area (Å²) in [7, 11) is 1.72. The lowest BCUT2D eigenvalue weighted by atomic mass is 10.0. The first-order valence-electron chi connectivity index (χ1n) is 9.37. The monoisotopic (exact) mass is 431 g/mol. The van der Waals surface area contributed by atoms with Gasteiger partial charge in [-0.25, -0.2) is 0 Å². The molecule has 148 valence electrons. The number of carbonyl (C=O) groups excluding carboxylic acids is 1. The van der Waals surface area contributed by atoms with E-state index in [9.17, 15) is 9.35 Å². The maximum atomic E-state index is 13.1. The Labute approximate surface area is 184 Å². The summed E-state index contributed by atoms with van der Waals surface area (Å²) in [6, 6.07) is 22.5. The van der Waals surface area contributed by atoms with Gasteiger partial charge in [0.1, 0.15) is 11.4 Å². The largest absolute Gasteiger partial charge is 0.588 e. The van der Waals surface area contributed by atoms with Crippen molar-refractivity contribution < 1.29 is 9.35 Å². The summed E-state index contributed by atoms with van der Waals surface area (Å²) in [5.74, 6) is 6.02. The Morgan fingerprint density at radius 3 is 2.63 bits per heavy atom. The van der Waals surface area contributed by atoms with Gasteiger partial charge in [-0.05, 0) is 41.5 Å². The molecule has 0 spiro atoms. The van der Waals surface area contributed by atoms with E-state index in [1.165, 1.54) is 0 Å². The van der Waals surface area contributed by atoms with Gasteiger partial charge in [0.15, 0.2) is 0 Å². The summed E-state index contributed by atoms with van der Waals surface area (Å²) in [5.41, 5.74) is 3.75. The number of allylic oxidation sites excluding steroid dienone is 1. The van der Waals surface area contributed by atoms with Crippen LogP contribution in [-0.4, -0.2) is 17.4 Å². The molecular weight excluding hydrogens is 414 g/mol. The van der Waals surface area contributed by atoms with Crippen LogP contribution in [0.25, 0.3) is 6.08 Å². The molecule has 0 N–H and O–H groups in total. The van der Waals surface area contributed by atoms with Gasteiger partial charge in [-0.2, -0.15) is 4.31 Å². The highest BCUT2D eigenvalue weighted by atomic mass is 35.5. The summed E-state index contributed by atoms with van der Waals surface area (Å²) < 4.78 is 14.5. The highest BCUT2D eigenvalue weighted by molar-refractivity contribution is 7.97. The Hall–Kier alpha value is -2.97. The zero-order chi connectivity index (χ0) is 21.1. The van der Waals surface area contributed by atoms with E-state index in [0.29, 0.717) is 22.7 Å². The van der Waals surface area contributed by atoms with E-state index in [2.05, 4.69) is 11.8 Å². The third-order valence-electron chi connectivity index (χ3n) is 4.76. The number of Topliss-reactive ketones (excluding diaryl/α,β-unsaturated/α-hetero) is 1. The van der Waals surface area contributed by atoms with Crippen molar-refractivity contribution in [3.8, 4) is 11.8 Å². The Morgan fingerprint density at radius 2 is 1.87 bits per heavy atom. The first-order valence-corrected chi connectivity index (χ1v) is 10.9. The normalized spacial score (nSPS) is 16.8. The Bertz CT molecular complexity index is 1190. The van der Waals surface area contributed by atoms with Crippen LogP contribution in [0.2, 0.25) is 5.02 Å². The van der Waals surface area contributed by atoms with Crippen molar-refractivity contribution in [2.24, 2.45) is 0 Å². The van der Waals surface area contributed by atoms with E-state index in [4.69, 9.17) is 11.6 Å². The lowest BCUT2D eigenvalue weighted by Gasteiger charge is -2.29. The number of ketones is 1. The molecule has 0 saturated carbocycles. The van der Waals surface area contributed by atoms with Gasteiger partial charge in [-0.3, -0.25) is 4.79 Å². The maximum Gasteiger partial charge on any atom is 0.245 e. The van der Waals surface area contributed by atoms with Gasteiger partial charge < -0.3 is 4.55 Å². The smallest absolute Gasteiger partial charge is 0.245 e. The second kappa shape index (κ2) is 8.81. The SMILES string of the molecule is CN1c2ccc(C#CCc3ccccc3)cc2C(=O)/C(=C/c2cccc(Cl)c2)[S+]1[O-]. The van der Waals surface area contributed by atoms with Gasteiger partial charge in [-0.15, -0.1) is 0 Å². The van der Waals surface area contributed by atoms with E-state index < -0.39 is 11.4 Å². The fourth-order valence-corrected chi connectivity index (χ4v) is 4.56. The second-order valence-electron chi connectivity index (χ2n) is 6.84. The third kappa shape index (κ3) is 4.29. The van der Waals surface area contributed by atoms with E-state index in [1.54, 1.807) is 47.8 Å². The van der Waals surface area contributed by atoms with Crippen molar-refractivity contribution >= 4 is 40.5 Å². The number of rotatable bonds is 2. The molecule has 4 rings (SSSR count). The van der Waals surface area contributed by atoms with Crippen molar-refractivity contribution in [3.05, 3.63) is 105 Å². The van der Waals surface area contributed by atoms with Crippen LogP contribution in [0.3, 0.4) is 0 Å². The average Bonchev–Trinajstić information content (AvgIpc) is 2.76. The predicted molar refractivity (Wildman–Crippen MR) is 124 cm³/mol. The molecule has 0 bridgehead atoms. The number of hydrogen-bond acceptors (Lipinski definition) is 3. The molecule has 1 aliphatic rings. The number of halogens is 1. The van der Waals surface area contributed by atoms with Crippen LogP contribution in [0.1, 0.15) is 27.0 Å². The number of carbonyl (C=O) groups is 1. The molecule has 3 nitrogen and oxygen atoms in total. The number of fused-ring (bicyclic) bond motifs is 1. The Morgan fingerprint density at radius 1 is 1.07 bits per heavy atom. The predicted octanol–water partition coefficient (Wildman–Crippen LogP) is 5.27. The maximum absolute atomic E-state index is 13.1. The summed E-state index contributed by atoms with van der Waals surface area (Å²) in [6.07, 6.45) is 2.27. The molecule has 1 atom stereocenters. The Balaban J connectivity index is 1.66. The lowest BCUT2D eigenvalue weighted by Crippen LogP contribution is -2.36. The molecule has 0 aromatic heterocycles. The Kier molecular flexibility index (Phi) is 5.96. The van der Waals surface area contributed by atoms with E-state index in [0.717, 1.165) is 16.7 Å². The molecule has 3 aromatic carbocycles. The fourth-order valence-electron chi connectivity index (χ4n) is 3.23. The number of benzene rings is 3. The molecule has 3 aromatic rings. The second-order valence-corrected chi connectivity index (χ2v) is 8.76. The van der Waals surface area contributed by atoms with Crippen LogP contribution in [-0.2, 0) is 17.8 Å². The van der Waals surface area contributed by atoms with Crippen LogP contribution in [0.15, 0.2) is 77.7 Å². The first kappa shape index (κ1) is 20.3. The highest BCUT2D eigenvalue weighted by Crippen LogP contribution is 2.35. The number of hydrogen-bond donors (Lipinski definition) is 0. The van der Waals surface area contributed by atoms with Crippen LogP contribution in [0, 0.1) is 11.8 Å². The minimum absolute atomic E-state index is 0.224. The molecule has 1 unspecified atom stereocenters. The molecule has 0 amide bonds. The standard InChI is InChI=1S/C25H18ClNO2S/c1-27-23-14-13-19(10-5-9-18-7-3-2-4-8-18)16-22(23)25(28)24(30(27)29)17-20-11-6-12-21(26)15-20/h2-4,6-8,11-17H,9H2,1H3/b24-17-. The summed E-state index contributed by atoms with van der Waals surface area (Å²) in [5, 5.41) is 0.558. The molecule has 0 aliphatic carbocycles. The van der Waals surface area contributed by atoms with Crippen molar-refractivity contribution in [1.82, 2.24) is 0 Å². The minimum Gasteiger partial charge on any atom is -0.588 e.